The molecule has 5 heteroatoms. The van der Waals surface area contributed by atoms with E-state index < -0.39 is 0 Å². The maximum atomic E-state index is 8.39. The van der Waals surface area contributed by atoms with Crippen molar-refractivity contribution in [3.8, 4) is 12.1 Å². The fourth-order valence-electron chi connectivity index (χ4n) is 0.609. The Balaban J connectivity index is 2.69. The number of rotatable bonds is 2. The van der Waals surface area contributed by atoms with Gasteiger partial charge in [0.05, 0.1) is 6.20 Å². The largest absolute Gasteiger partial charge is 0.343 e. The lowest BCUT2D eigenvalue weighted by atomic mass is 10.3. The van der Waals surface area contributed by atoms with E-state index in [-0.39, 0.29) is 5.57 Å². The lowest BCUT2D eigenvalue weighted by molar-refractivity contribution is 1.20. The summed E-state index contributed by atoms with van der Waals surface area (Å²) in [4.78, 5) is 7.68. The Bertz CT molecular complexity index is 365. The first-order valence-corrected chi connectivity index (χ1v) is 3.39. The number of anilines is 1. The van der Waals surface area contributed by atoms with Crippen LogP contribution >= 0.6 is 0 Å². The van der Waals surface area contributed by atoms with E-state index in [0.717, 1.165) is 0 Å². The van der Waals surface area contributed by atoms with Gasteiger partial charge in [0.25, 0.3) is 0 Å². The fraction of sp³-hybridized carbons (Fsp3) is 0. The van der Waals surface area contributed by atoms with Crippen LogP contribution in [0.4, 0.5) is 5.82 Å². The van der Waals surface area contributed by atoms with Gasteiger partial charge in [0.15, 0.2) is 0 Å². The van der Waals surface area contributed by atoms with Crippen molar-refractivity contribution in [3.05, 3.63) is 30.4 Å². The summed E-state index contributed by atoms with van der Waals surface area (Å²) in [6, 6.07) is 3.42. The van der Waals surface area contributed by atoms with E-state index in [2.05, 4.69) is 15.3 Å². The Morgan fingerprint density at radius 2 is 2.15 bits per heavy atom. The van der Waals surface area contributed by atoms with Crippen LogP contribution in [0.5, 0.6) is 0 Å². The molecule has 0 aliphatic rings. The van der Waals surface area contributed by atoms with Crippen LogP contribution in [-0.2, 0) is 0 Å². The van der Waals surface area contributed by atoms with E-state index >= 15 is 0 Å². The van der Waals surface area contributed by atoms with Gasteiger partial charge in [-0.1, -0.05) is 0 Å². The predicted molar refractivity (Wildman–Crippen MR) is 45.0 cm³/mol. The predicted octanol–water partition coefficient (Wildman–Crippen LogP) is 0.820. The molecule has 62 valence electrons. The molecule has 5 nitrogen and oxygen atoms in total. The van der Waals surface area contributed by atoms with Crippen molar-refractivity contribution in [2.45, 2.75) is 0 Å². The second-order valence-electron chi connectivity index (χ2n) is 2.02. The molecule has 0 saturated carbocycles. The average molecular weight is 171 g/mol. The average Bonchev–Trinajstić information content (AvgIpc) is 2.21. The second kappa shape index (κ2) is 4.47. The van der Waals surface area contributed by atoms with Crippen LogP contribution in [-0.4, -0.2) is 9.97 Å². The molecule has 0 bridgehead atoms. The monoisotopic (exact) mass is 171 g/mol. The smallest absolute Gasteiger partial charge is 0.148 e. The van der Waals surface area contributed by atoms with E-state index in [4.69, 9.17) is 10.5 Å². The molecule has 1 heterocycles. The molecular weight excluding hydrogens is 166 g/mol. The van der Waals surface area contributed by atoms with Crippen LogP contribution < -0.4 is 5.32 Å². The van der Waals surface area contributed by atoms with Gasteiger partial charge < -0.3 is 5.32 Å². The van der Waals surface area contributed by atoms with Crippen molar-refractivity contribution in [3.63, 3.8) is 0 Å². The highest BCUT2D eigenvalue weighted by atomic mass is 15.0. The zero-order chi connectivity index (χ0) is 9.52. The van der Waals surface area contributed by atoms with Gasteiger partial charge in [0.2, 0.25) is 0 Å². The molecule has 0 saturated heterocycles. The molecule has 0 unspecified atom stereocenters. The lowest BCUT2D eigenvalue weighted by Crippen LogP contribution is -1.92. The van der Waals surface area contributed by atoms with E-state index in [1.807, 2.05) is 0 Å². The van der Waals surface area contributed by atoms with Gasteiger partial charge in [-0.15, -0.1) is 0 Å². The summed E-state index contributed by atoms with van der Waals surface area (Å²) in [5.41, 5.74) is -0.00865. The van der Waals surface area contributed by atoms with E-state index in [1.54, 1.807) is 12.1 Å². The molecule has 1 N–H and O–H groups in total. The molecule has 0 aliphatic heterocycles. The maximum absolute atomic E-state index is 8.39. The van der Waals surface area contributed by atoms with Crippen molar-refractivity contribution < 1.29 is 0 Å². The molecule has 0 aromatic carbocycles. The molecule has 0 spiro atoms. The third kappa shape index (κ3) is 2.60. The number of allylic oxidation sites excluding steroid dienone is 1. The molecule has 1 aromatic heterocycles. The standard InChI is InChI=1S/C8H5N5/c9-3-7(4-10)5-13-8-6-11-1-2-12-8/h1-2,5-6H,(H,12,13). The molecule has 0 atom stereocenters. The highest BCUT2D eigenvalue weighted by Crippen LogP contribution is 1.98. The third-order valence-electron chi connectivity index (χ3n) is 1.17. The Labute approximate surface area is 75.0 Å². The summed E-state index contributed by atoms with van der Waals surface area (Å²) in [6.45, 7) is 0. The summed E-state index contributed by atoms with van der Waals surface area (Å²) in [5, 5.41) is 19.4. The van der Waals surface area contributed by atoms with E-state index in [0.29, 0.717) is 5.82 Å². The highest BCUT2D eigenvalue weighted by molar-refractivity contribution is 5.42. The van der Waals surface area contributed by atoms with Crippen LogP contribution in [0, 0.1) is 22.7 Å². The van der Waals surface area contributed by atoms with Crippen molar-refractivity contribution in [1.29, 1.82) is 10.5 Å². The molecular formula is C8H5N5. The molecule has 1 rings (SSSR count). The van der Waals surface area contributed by atoms with Crippen LogP contribution in [0.25, 0.3) is 0 Å². The van der Waals surface area contributed by atoms with Gasteiger partial charge in [-0.25, -0.2) is 4.98 Å². The third-order valence-corrected chi connectivity index (χ3v) is 1.17. The van der Waals surface area contributed by atoms with E-state index in [9.17, 15) is 0 Å². The Kier molecular flexibility index (Phi) is 2.99. The van der Waals surface area contributed by atoms with Crippen LogP contribution in [0.1, 0.15) is 0 Å². The summed E-state index contributed by atoms with van der Waals surface area (Å²) in [7, 11) is 0. The van der Waals surface area contributed by atoms with Crippen molar-refractivity contribution in [2.75, 3.05) is 5.32 Å². The molecule has 0 radical (unpaired) electrons. The number of nitrogens with zero attached hydrogens (tertiary/aromatic N) is 4. The summed E-state index contributed by atoms with van der Waals surface area (Å²) in [5.74, 6) is 0.491. The van der Waals surface area contributed by atoms with Gasteiger partial charge in [0.1, 0.15) is 23.5 Å². The van der Waals surface area contributed by atoms with E-state index in [1.165, 1.54) is 24.8 Å². The van der Waals surface area contributed by atoms with Crippen molar-refractivity contribution in [1.82, 2.24) is 9.97 Å². The summed E-state index contributed by atoms with van der Waals surface area (Å²) >= 11 is 0. The normalized spacial score (nSPS) is 7.85. The van der Waals surface area contributed by atoms with Crippen molar-refractivity contribution >= 4 is 5.82 Å². The zero-order valence-corrected chi connectivity index (χ0v) is 6.60. The van der Waals surface area contributed by atoms with Gasteiger partial charge in [-0.3, -0.25) is 4.98 Å². The minimum Gasteiger partial charge on any atom is -0.343 e. The first-order chi connectivity index (χ1) is 6.36. The van der Waals surface area contributed by atoms with Crippen LogP contribution in [0.2, 0.25) is 0 Å². The number of nitriles is 2. The fourth-order valence-corrected chi connectivity index (χ4v) is 0.609. The van der Waals surface area contributed by atoms with Crippen LogP contribution in [0.3, 0.4) is 0 Å². The number of aromatic nitrogens is 2. The summed E-state index contributed by atoms with van der Waals surface area (Å²) < 4.78 is 0. The second-order valence-corrected chi connectivity index (χ2v) is 2.02. The molecule has 0 amide bonds. The quantitative estimate of drug-likeness (QED) is 0.665. The van der Waals surface area contributed by atoms with Crippen LogP contribution in [0.15, 0.2) is 30.4 Å². The first kappa shape index (κ1) is 8.69. The minimum atomic E-state index is -0.00865. The molecule has 0 fully saturated rings. The maximum Gasteiger partial charge on any atom is 0.148 e. The molecule has 1 aromatic rings. The SMILES string of the molecule is N#CC(C#N)=CNc1cnccn1. The Morgan fingerprint density at radius 1 is 1.38 bits per heavy atom. The zero-order valence-electron chi connectivity index (χ0n) is 6.60. The molecule has 13 heavy (non-hydrogen) atoms. The van der Waals surface area contributed by atoms with Crippen molar-refractivity contribution in [2.24, 2.45) is 0 Å². The Morgan fingerprint density at radius 3 is 2.69 bits per heavy atom. The lowest BCUT2D eigenvalue weighted by Gasteiger charge is -1.95. The number of hydrogen-bond acceptors (Lipinski definition) is 5. The van der Waals surface area contributed by atoms with Gasteiger partial charge >= 0.3 is 0 Å². The topological polar surface area (TPSA) is 85.4 Å². The molecule has 0 aliphatic carbocycles. The van der Waals surface area contributed by atoms with Gasteiger partial charge in [-0.2, -0.15) is 10.5 Å². The van der Waals surface area contributed by atoms with Gasteiger partial charge in [-0.05, 0) is 0 Å². The summed E-state index contributed by atoms with van der Waals surface area (Å²) in [6.07, 6.45) is 5.81. The number of hydrogen-bond donors (Lipinski definition) is 1. The Hall–Kier alpha value is -2.40. The highest BCUT2D eigenvalue weighted by Gasteiger charge is 1.91. The van der Waals surface area contributed by atoms with Gasteiger partial charge in [0, 0.05) is 18.6 Å². The number of nitrogens with one attached hydrogen (secondary N) is 1. The minimum absolute atomic E-state index is 0.00865. The first-order valence-electron chi connectivity index (χ1n) is 3.39.